The number of ether oxygens (including phenoxy) is 1. The topological polar surface area (TPSA) is 51.4 Å². The number of aromatic nitrogens is 1. The minimum Gasteiger partial charge on any atom is -0.396 e. The van der Waals surface area contributed by atoms with Gasteiger partial charge in [0.2, 0.25) is 0 Å². The Hall–Kier alpha value is -1.00. The lowest BCUT2D eigenvalue weighted by atomic mass is 10.1. The molecule has 2 rings (SSSR count). The van der Waals surface area contributed by atoms with Crippen molar-refractivity contribution >= 4 is 23.1 Å². The van der Waals surface area contributed by atoms with Crippen molar-refractivity contribution in [2.45, 2.75) is 32.5 Å². The highest BCUT2D eigenvalue weighted by atomic mass is 35.5. The van der Waals surface area contributed by atoms with Crippen LogP contribution in [0.15, 0.2) is 12.3 Å². The molecule has 4 nitrogen and oxygen atoms in total. The fraction of sp³-hybridized carbons (Fsp3) is 0.583. The van der Waals surface area contributed by atoms with E-state index in [0.29, 0.717) is 10.7 Å². The molecule has 2 heterocycles. The molecule has 0 aliphatic carbocycles. The fourth-order valence-corrected chi connectivity index (χ4v) is 2.49. The molecule has 17 heavy (non-hydrogen) atoms. The second-order valence-electron chi connectivity index (χ2n) is 5.14. The Balaban J connectivity index is 2.27. The number of rotatable bonds is 1. The standard InChI is InChI=1S/C12H18ClN3O/c1-8-6-16(7-12(2,3)17-8)11-10(14)4-9(13)5-15-11/h4-5,8H,6-7,14H2,1-3H3. The molecule has 1 saturated heterocycles. The van der Waals surface area contributed by atoms with Crippen molar-refractivity contribution < 1.29 is 4.74 Å². The molecular weight excluding hydrogens is 238 g/mol. The van der Waals surface area contributed by atoms with Crippen molar-refractivity contribution in [2.75, 3.05) is 23.7 Å². The van der Waals surface area contributed by atoms with Crippen LogP contribution in [0.4, 0.5) is 11.5 Å². The number of pyridine rings is 1. The normalized spacial score (nSPS) is 23.8. The number of nitrogen functional groups attached to an aromatic ring is 1. The Kier molecular flexibility index (Phi) is 3.19. The summed E-state index contributed by atoms with van der Waals surface area (Å²) in [6.07, 6.45) is 1.79. The first-order chi connectivity index (χ1) is 7.87. The van der Waals surface area contributed by atoms with Gasteiger partial charge in [-0.3, -0.25) is 0 Å². The average molecular weight is 256 g/mol. The van der Waals surface area contributed by atoms with Gasteiger partial charge in [0.25, 0.3) is 0 Å². The highest BCUT2D eigenvalue weighted by Gasteiger charge is 2.32. The molecule has 0 saturated carbocycles. The maximum absolute atomic E-state index is 5.96. The van der Waals surface area contributed by atoms with Crippen LogP contribution in [-0.4, -0.2) is 29.8 Å². The van der Waals surface area contributed by atoms with Gasteiger partial charge in [-0.1, -0.05) is 11.6 Å². The van der Waals surface area contributed by atoms with Gasteiger partial charge < -0.3 is 15.4 Å². The first kappa shape index (κ1) is 12.5. The summed E-state index contributed by atoms with van der Waals surface area (Å²) >= 11 is 5.85. The van der Waals surface area contributed by atoms with Crippen LogP contribution in [0, 0.1) is 0 Å². The van der Waals surface area contributed by atoms with Crippen LogP contribution in [-0.2, 0) is 4.74 Å². The summed E-state index contributed by atoms with van der Waals surface area (Å²) in [5.74, 6) is 0.789. The molecular formula is C12H18ClN3O. The first-order valence-electron chi connectivity index (χ1n) is 5.71. The van der Waals surface area contributed by atoms with E-state index in [-0.39, 0.29) is 11.7 Å². The highest BCUT2D eigenvalue weighted by Crippen LogP contribution is 2.29. The molecule has 2 N–H and O–H groups in total. The van der Waals surface area contributed by atoms with E-state index in [0.717, 1.165) is 18.9 Å². The Morgan fingerprint density at radius 2 is 2.29 bits per heavy atom. The van der Waals surface area contributed by atoms with Crippen molar-refractivity contribution in [1.29, 1.82) is 0 Å². The molecule has 0 aromatic carbocycles. The van der Waals surface area contributed by atoms with Gasteiger partial charge in [0.1, 0.15) is 0 Å². The third-order valence-corrected chi connectivity index (χ3v) is 2.94. The lowest BCUT2D eigenvalue weighted by Gasteiger charge is -2.42. The largest absolute Gasteiger partial charge is 0.396 e. The quantitative estimate of drug-likeness (QED) is 0.837. The van der Waals surface area contributed by atoms with Crippen molar-refractivity contribution in [1.82, 2.24) is 4.98 Å². The summed E-state index contributed by atoms with van der Waals surface area (Å²) in [6, 6.07) is 1.73. The third kappa shape index (κ3) is 2.82. The van der Waals surface area contributed by atoms with Gasteiger partial charge in [-0.25, -0.2) is 4.98 Å². The van der Waals surface area contributed by atoms with E-state index in [1.165, 1.54) is 0 Å². The van der Waals surface area contributed by atoms with Gasteiger partial charge in [-0.2, -0.15) is 0 Å². The molecule has 1 atom stereocenters. The zero-order valence-corrected chi connectivity index (χ0v) is 11.2. The Morgan fingerprint density at radius 1 is 1.59 bits per heavy atom. The van der Waals surface area contributed by atoms with E-state index in [1.54, 1.807) is 12.3 Å². The van der Waals surface area contributed by atoms with Gasteiger partial charge in [-0.15, -0.1) is 0 Å². The predicted molar refractivity (Wildman–Crippen MR) is 70.5 cm³/mol. The second kappa shape index (κ2) is 4.35. The predicted octanol–water partition coefficient (Wildman–Crippen LogP) is 2.32. The van der Waals surface area contributed by atoms with Crippen LogP contribution in [0.1, 0.15) is 20.8 Å². The SMILES string of the molecule is CC1CN(c2ncc(Cl)cc2N)CC(C)(C)O1. The number of hydrogen-bond acceptors (Lipinski definition) is 4. The number of nitrogens with two attached hydrogens (primary N) is 1. The smallest absolute Gasteiger partial charge is 0.152 e. The number of hydrogen-bond donors (Lipinski definition) is 1. The first-order valence-corrected chi connectivity index (χ1v) is 6.09. The van der Waals surface area contributed by atoms with Gasteiger partial charge >= 0.3 is 0 Å². The Morgan fingerprint density at radius 3 is 2.88 bits per heavy atom. The summed E-state index contributed by atoms with van der Waals surface area (Å²) < 4.78 is 5.85. The van der Waals surface area contributed by atoms with E-state index >= 15 is 0 Å². The molecule has 94 valence electrons. The molecule has 0 bridgehead atoms. The summed E-state index contributed by atoms with van der Waals surface area (Å²) in [7, 11) is 0. The summed E-state index contributed by atoms with van der Waals surface area (Å²) in [5.41, 5.74) is 6.38. The Labute approximate surface area is 107 Å². The van der Waals surface area contributed by atoms with E-state index < -0.39 is 0 Å². The molecule has 0 amide bonds. The van der Waals surface area contributed by atoms with Crippen molar-refractivity contribution in [3.8, 4) is 0 Å². The molecule has 1 aliphatic heterocycles. The van der Waals surface area contributed by atoms with Crippen LogP contribution in [0.3, 0.4) is 0 Å². The molecule has 0 radical (unpaired) electrons. The van der Waals surface area contributed by atoms with Crippen molar-refractivity contribution in [2.24, 2.45) is 0 Å². The summed E-state index contributed by atoms with van der Waals surface area (Å²) in [5, 5.41) is 0.562. The number of morpholine rings is 1. The second-order valence-corrected chi connectivity index (χ2v) is 5.57. The zero-order chi connectivity index (χ0) is 12.6. The Bertz CT molecular complexity index is 422. The van der Waals surface area contributed by atoms with Crippen LogP contribution in [0.5, 0.6) is 0 Å². The highest BCUT2D eigenvalue weighted by molar-refractivity contribution is 6.30. The van der Waals surface area contributed by atoms with E-state index in [9.17, 15) is 0 Å². The van der Waals surface area contributed by atoms with Gasteiger partial charge in [0, 0.05) is 19.3 Å². The summed E-state index contributed by atoms with van der Waals surface area (Å²) in [4.78, 5) is 6.47. The van der Waals surface area contributed by atoms with E-state index in [2.05, 4.69) is 30.7 Å². The van der Waals surface area contributed by atoms with E-state index in [4.69, 9.17) is 22.1 Å². The van der Waals surface area contributed by atoms with Crippen molar-refractivity contribution in [3.05, 3.63) is 17.3 Å². The fourth-order valence-electron chi connectivity index (χ4n) is 2.33. The minimum atomic E-state index is -0.189. The van der Waals surface area contributed by atoms with Crippen LogP contribution >= 0.6 is 11.6 Å². The molecule has 0 spiro atoms. The average Bonchev–Trinajstić information content (AvgIpc) is 2.13. The molecule has 1 fully saturated rings. The van der Waals surface area contributed by atoms with Gasteiger partial charge in [0.05, 0.1) is 22.4 Å². The van der Waals surface area contributed by atoms with E-state index in [1.807, 2.05) is 0 Å². The number of anilines is 2. The maximum Gasteiger partial charge on any atom is 0.152 e. The molecule has 5 heteroatoms. The third-order valence-electron chi connectivity index (χ3n) is 2.73. The monoisotopic (exact) mass is 255 g/mol. The van der Waals surface area contributed by atoms with Crippen LogP contribution in [0.2, 0.25) is 5.02 Å². The van der Waals surface area contributed by atoms with Gasteiger partial charge in [-0.05, 0) is 26.8 Å². The van der Waals surface area contributed by atoms with Crippen molar-refractivity contribution in [3.63, 3.8) is 0 Å². The summed E-state index contributed by atoms with van der Waals surface area (Å²) in [6.45, 7) is 7.77. The molecule has 1 aliphatic rings. The zero-order valence-electron chi connectivity index (χ0n) is 10.4. The molecule has 1 aromatic heterocycles. The number of nitrogens with zero attached hydrogens (tertiary/aromatic N) is 2. The molecule has 1 aromatic rings. The van der Waals surface area contributed by atoms with Gasteiger partial charge in [0.15, 0.2) is 5.82 Å². The van der Waals surface area contributed by atoms with Crippen LogP contribution < -0.4 is 10.6 Å². The lowest BCUT2D eigenvalue weighted by molar-refractivity contribution is -0.0751. The van der Waals surface area contributed by atoms with Crippen LogP contribution in [0.25, 0.3) is 0 Å². The molecule has 1 unspecified atom stereocenters. The maximum atomic E-state index is 5.96. The minimum absolute atomic E-state index is 0.163. The lowest BCUT2D eigenvalue weighted by Crippen LogP contribution is -2.52. The number of halogens is 1.